The monoisotopic (exact) mass is 399 g/mol. The van der Waals surface area contributed by atoms with E-state index in [4.69, 9.17) is 0 Å². The summed E-state index contributed by atoms with van der Waals surface area (Å²) in [5, 5.41) is 22.6. The highest BCUT2D eigenvalue weighted by molar-refractivity contribution is 7.10. The Morgan fingerprint density at radius 2 is 1.93 bits per heavy atom. The molecule has 2 aromatic rings. The molecule has 5 nitrogen and oxygen atoms in total. The van der Waals surface area contributed by atoms with Gasteiger partial charge in [-0.25, -0.2) is 0 Å². The molecule has 0 unspecified atom stereocenters. The average Bonchev–Trinajstić information content (AvgIpc) is 3.14. The van der Waals surface area contributed by atoms with E-state index in [2.05, 4.69) is 0 Å². The number of hydrogen-bond donors (Lipinski definition) is 2. The molecule has 148 valence electrons. The van der Waals surface area contributed by atoms with Crippen molar-refractivity contribution in [3.05, 3.63) is 57.3 Å². The standard InChI is InChI=1S/C22H25NO4S/c24-19-10-11-23(20(25)17-13-28-18-9-5-4-8-16(17)18)14-22(19,21(26)27)12-15-6-2-1-3-7-15/h1-3,6-7,13,19,24H,4-5,8-12,14H2,(H,26,27)/t19-,22+/m0/s1. The van der Waals surface area contributed by atoms with Gasteiger partial charge in [0.1, 0.15) is 5.41 Å². The fourth-order valence-electron chi connectivity index (χ4n) is 4.52. The topological polar surface area (TPSA) is 77.8 Å². The molecule has 6 heteroatoms. The number of aryl methyl sites for hydroxylation is 1. The van der Waals surface area contributed by atoms with Crippen LogP contribution >= 0.6 is 11.3 Å². The quantitative estimate of drug-likeness (QED) is 0.828. The van der Waals surface area contributed by atoms with E-state index in [1.54, 1.807) is 16.2 Å². The molecule has 1 aliphatic carbocycles. The zero-order chi connectivity index (χ0) is 19.7. The maximum Gasteiger partial charge on any atom is 0.314 e. The Hall–Kier alpha value is -2.18. The van der Waals surface area contributed by atoms with Crippen LogP contribution in [0.4, 0.5) is 0 Å². The van der Waals surface area contributed by atoms with Crippen LogP contribution in [0.3, 0.4) is 0 Å². The summed E-state index contributed by atoms with van der Waals surface area (Å²) in [6.07, 6.45) is 3.70. The first-order valence-corrected chi connectivity index (χ1v) is 10.7. The van der Waals surface area contributed by atoms with E-state index < -0.39 is 17.5 Å². The van der Waals surface area contributed by atoms with Crippen molar-refractivity contribution >= 4 is 23.2 Å². The number of thiophene rings is 1. The summed E-state index contributed by atoms with van der Waals surface area (Å²) in [5.41, 5.74) is 1.35. The van der Waals surface area contributed by atoms with Crippen molar-refractivity contribution < 1.29 is 19.8 Å². The van der Waals surface area contributed by atoms with E-state index in [0.717, 1.165) is 42.4 Å². The van der Waals surface area contributed by atoms with Crippen LogP contribution in [0.25, 0.3) is 0 Å². The highest BCUT2D eigenvalue weighted by atomic mass is 32.1. The number of piperidine rings is 1. The van der Waals surface area contributed by atoms with E-state index >= 15 is 0 Å². The van der Waals surface area contributed by atoms with Crippen LogP contribution in [0.2, 0.25) is 0 Å². The number of nitrogens with zero attached hydrogens (tertiary/aromatic N) is 1. The van der Waals surface area contributed by atoms with Gasteiger partial charge in [0.25, 0.3) is 5.91 Å². The largest absolute Gasteiger partial charge is 0.481 e. The number of carboxylic acid groups (broad SMARTS) is 1. The van der Waals surface area contributed by atoms with Gasteiger partial charge in [0.15, 0.2) is 0 Å². The van der Waals surface area contributed by atoms with E-state index in [-0.39, 0.29) is 25.3 Å². The highest BCUT2D eigenvalue weighted by Crippen LogP contribution is 2.37. The van der Waals surface area contributed by atoms with Crippen molar-refractivity contribution in [2.45, 2.75) is 44.6 Å². The van der Waals surface area contributed by atoms with Crippen LogP contribution in [-0.2, 0) is 24.1 Å². The first kappa shape index (κ1) is 19.2. The average molecular weight is 400 g/mol. The Morgan fingerprint density at radius 3 is 2.68 bits per heavy atom. The normalized spacial score (nSPS) is 24.6. The fraction of sp³-hybridized carbons (Fsp3) is 0.455. The molecule has 1 saturated heterocycles. The third-order valence-electron chi connectivity index (χ3n) is 6.15. The molecular formula is C22H25NO4S. The lowest BCUT2D eigenvalue weighted by atomic mass is 9.72. The molecule has 1 aromatic carbocycles. The van der Waals surface area contributed by atoms with Gasteiger partial charge in [-0.05, 0) is 49.7 Å². The predicted molar refractivity (Wildman–Crippen MR) is 108 cm³/mol. The van der Waals surface area contributed by atoms with Crippen molar-refractivity contribution in [3.63, 3.8) is 0 Å². The molecule has 2 N–H and O–H groups in total. The number of amides is 1. The summed E-state index contributed by atoms with van der Waals surface area (Å²) >= 11 is 1.64. The van der Waals surface area contributed by atoms with Crippen molar-refractivity contribution in [2.24, 2.45) is 5.41 Å². The Labute approximate surface area is 168 Å². The van der Waals surface area contributed by atoms with Crippen LogP contribution < -0.4 is 0 Å². The molecule has 0 spiro atoms. The molecule has 1 amide bonds. The second kappa shape index (κ2) is 7.68. The number of aliphatic hydroxyl groups is 1. The molecule has 1 aromatic heterocycles. The Morgan fingerprint density at radius 1 is 1.18 bits per heavy atom. The van der Waals surface area contributed by atoms with Gasteiger partial charge in [0.05, 0.1) is 11.7 Å². The molecule has 2 atom stereocenters. The van der Waals surface area contributed by atoms with Gasteiger partial charge in [-0.15, -0.1) is 11.3 Å². The molecule has 2 aliphatic rings. The summed E-state index contributed by atoms with van der Waals surface area (Å²) in [5.74, 6) is -1.14. The minimum absolute atomic E-state index is 0.0296. The third kappa shape index (κ3) is 3.35. The Bertz CT molecular complexity index is 878. The van der Waals surface area contributed by atoms with Gasteiger partial charge in [-0.3, -0.25) is 9.59 Å². The highest BCUT2D eigenvalue weighted by Gasteiger charge is 2.50. The lowest BCUT2D eigenvalue weighted by Crippen LogP contribution is -2.58. The molecule has 1 aliphatic heterocycles. The van der Waals surface area contributed by atoms with Crippen LogP contribution in [0.15, 0.2) is 35.7 Å². The van der Waals surface area contributed by atoms with Crippen molar-refractivity contribution in [3.8, 4) is 0 Å². The Balaban J connectivity index is 1.62. The summed E-state index contributed by atoms with van der Waals surface area (Å²) in [4.78, 5) is 28.5. The maximum absolute atomic E-state index is 13.3. The van der Waals surface area contributed by atoms with Gasteiger partial charge in [-0.2, -0.15) is 0 Å². The van der Waals surface area contributed by atoms with Crippen LogP contribution in [0.5, 0.6) is 0 Å². The molecule has 0 saturated carbocycles. The predicted octanol–water partition coefficient (Wildman–Crippen LogP) is 3.15. The second-order valence-corrected chi connectivity index (χ2v) is 8.88. The zero-order valence-electron chi connectivity index (χ0n) is 15.8. The maximum atomic E-state index is 13.3. The van der Waals surface area contributed by atoms with E-state index in [0.29, 0.717) is 6.54 Å². The number of rotatable bonds is 4. The minimum Gasteiger partial charge on any atom is -0.481 e. The summed E-state index contributed by atoms with van der Waals surface area (Å²) in [6.45, 7) is 0.413. The number of carboxylic acids is 1. The number of fused-ring (bicyclic) bond motifs is 1. The minimum atomic E-state index is -1.38. The molecule has 28 heavy (non-hydrogen) atoms. The first-order chi connectivity index (χ1) is 13.5. The fourth-order valence-corrected chi connectivity index (χ4v) is 5.64. The van der Waals surface area contributed by atoms with E-state index in [1.807, 2.05) is 35.7 Å². The summed E-state index contributed by atoms with van der Waals surface area (Å²) in [7, 11) is 0. The molecular weight excluding hydrogens is 374 g/mol. The number of benzene rings is 1. The zero-order valence-corrected chi connectivity index (χ0v) is 16.6. The number of hydrogen-bond acceptors (Lipinski definition) is 4. The molecule has 1 fully saturated rings. The van der Waals surface area contributed by atoms with Crippen LogP contribution in [0.1, 0.15) is 45.6 Å². The van der Waals surface area contributed by atoms with Crippen molar-refractivity contribution in [1.82, 2.24) is 4.90 Å². The number of carbonyl (C=O) groups excluding carboxylic acids is 1. The molecule has 0 radical (unpaired) electrons. The number of aliphatic carboxylic acids is 1. The van der Waals surface area contributed by atoms with Gasteiger partial charge in [-0.1, -0.05) is 30.3 Å². The number of carbonyl (C=O) groups is 2. The smallest absolute Gasteiger partial charge is 0.314 e. The second-order valence-electron chi connectivity index (χ2n) is 7.91. The van der Waals surface area contributed by atoms with Gasteiger partial charge >= 0.3 is 5.97 Å². The number of aliphatic hydroxyl groups excluding tert-OH is 1. The van der Waals surface area contributed by atoms with Gasteiger partial charge in [0.2, 0.25) is 0 Å². The molecule has 2 heterocycles. The van der Waals surface area contributed by atoms with Crippen LogP contribution in [0, 0.1) is 5.41 Å². The first-order valence-electron chi connectivity index (χ1n) is 9.85. The van der Waals surface area contributed by atoms with Gasteiger partial charge in [0, 0.05) is 23.3 Å². The number of likely N-dealkylation sites (tertiary alicyclic amines) is 1. The van der Waals surface area contributed by atoms with E-state index in [1.165, 1.54) is 4.88 Å². The molecule has 0 bridgehead atoms. The SMILES string of the molecule is O=C(c1csc2c1CCCC2)N1CC[C@H](O)[C@](Cc2ccccc2)(C(=O)O)C1. The van der Waals surface area contributed by atoms with Crippen molar-refractivity contribution in [1.29, 1.82) is 0 Å². The van der Waals surface area contributed by atoms with Crippen LogP contribution in [-0.4, -0.2) is 46.2 Å². The summed E-state index contributed by atoms with van der Waals surface area (Å²) < 4.78 is 0. The lowest BCUT2D eigenvalue weighted by Gasteiger charge is -2.43. The Kier molecular flexibility index (Phi) is 5.25. The summed E-state index contributed by atoms with van der Waals surface area (Å²) in [6, 6.07) is 9.34. The van der Waals surface area contributed by atoms with Crippen molar-refractivity contribution in [2.75, 3.05) is 13.1 Å². The van der Waals surface area contributed by atoms with E-state index in [9.17, 15) is 19.8 Å². The van der Waals surface area contributed by atoms with Gasteiger partial charge < -0.3 is 15.1 Å². The lowest BCUT2D eigenvalue weighted by molar-refractivity contribution is -0.161. The third-order valence-corrected chi connectivity index (χ3v) is 7.24. The molecule has 4 rings (SSSR count).